The molecule has 128 valence electrons. The first-order valence-corrected chi connectivity index (χ1v) is 7.71. The van der Waals surface area contributed by atoms with E-state index in [1.807, 2.05) is 24.3 Å². The quantitative estimate of drug-likeness (QED) is 0.623. The number of aliphatic hydroxyl groups excluding tert-OH is 1. The lowest BCUT2D eigenvalue weighted by Gasteiger charge is -2.15. The zero-order valence-electron chi connectivity index (χ0n) is 14.1. The Labute approximate surface area is 141 Å². The molecule has 0 aromatic heterocycles. The number of hydrogen-bond acceptors (Lipinski definition) is 5. The molecule has 0 aliphatic heterocycles. The highest BCUT2D eigenvalue weighted by atomic mass is 16.5. The van der Waals surface area contributed by atoms with Gasteiger partial charge in [-0.3, -0.25) is 4.79 Å². The number of rotatable bonds is 7. The van der Waals surface area contributed by atoms with Gasteiger partial charge in [0.25, 0.3) is 0 Å². The van der Waals surface area contributed by atoms with Gasteiger partial charge >= 0.3 is 5.97 Å². The number of carbonyl (C=O) groups is 1. The summed E-state index contributed by atoms with van der Waals surface area (Å²) in [5, 5.41) is 10.5. The van der Waals surface area contributed by atoms with Crippen LogP contribution in [0.2, 0.25) is 0 Å². The van der Waals surface area contributed by atoms with Gasteiger partial charge in [0.15, 0.2) is 11.5 Å². The zero-order chi connectivity index (χ0) is 17.5. The van der Waals surface area contributed by atoms with E-state index in [0.717, 1.165) is 5.56 Å². The first kappa shape index (κ1) is 17.8. The molecular formula is C19H22O5. The summed E-state index contributed by atoms with van der Waals surface area (Å²) in [6, 6.07) is 12.7. The second-order valence-electron chi connectivity index (χ2n) is 5.38. The maximum atomic E-state index is 11.2. The SMILES string of the molecule is COc1ccc(CC[C@@H](O)c2ccccc2OC(C)=O)cc1OC. The molecule has 5 heteroatoms. The molecule has 0 radical (unpaired) electrons. The Kier molecular flexibility index (Phi) is 6.21. The second-order valence-corrected chi connectivity index (χ2v) is 5.38. The molecule has 24 heavy (non-hydrogen) atoms. The summed E-state index contributed by atoms with van der Waals surface area (Å²) in [5.74, 6) is 1.31. The topological polar surface area (TPSA) is 65.0 Å². The minimum atomic E-state index is -0.728. The van der Waals surface area contributed by atoms with Gasteiger partial charge < -0.3 is 19.3 Å². The van der Waals surface area contributed by atoms with E-state index in [1.165, 1.54) is 6.92 Å². The number of aliphatic hydroxyl groups is 1. The Morgan fingerprint density at radius 2 is 1.75 bits per heavy atom. The van der Waals surface area contributed by atoms with Gasteiger partial charge in [0.1, 0.15) is 5.75 Å². The molecule has 0 aliphatic rings. The molecular weight excluding hydrogens is 308 g/mol. The van der Waals surface area contributed by atoms with Crippen molar-refractivity contribution in [3.05, 3.63) is 53.6 Å². The third kappa shape index (κ3) is 4.49. The van der Waals surface area contributed by atoms with Gasteiger partial charge in [-0.25, -0.2) is 0 Å². The van der Waals surface area contributed by atoms with Gasteiger partial charge in [-0.15, -0.1) is 0 Å². The molecule has 0 unspecified atom stereocenters. The zero-order valence-corrected chi connectivity index (χ0v) is 14.1. The van der Waals surface area contributed by atoms with Gasteiger partial charge in [-0.05, 0) is 36.6 Å². The molecule has 0 fully saturated rings. The lowest BCUT2D eigenvalue weighted by atomic mass is 10.0. The average Bonchev–Trinajstić information content (AvgIpc) is 2.59. The van der Waals surface area contributed by atoms with E-state index in [2.05, 4.69) is 0 Å². The predicted molar refractivity (Wildman–Crippen MR) is 90.6 cm³/mol. The van der Waals surface area contributed by atoms with Crippen molar-refractivity contribution in [2.24, 2.45) is 0 Å². The fourth-order valence-electron chi connectivity index (χ4n) is 2.50. The second kappa shape index (κ2) is 8.36. The fraction of sp³-hybridized carbons (Fsp3) is 0.316. The minimum Gasteiger partial charge on any atom is -0.493 e. The van der Waals surface area contributed by atoms with Gasteiger partial charge in [0, 0.05) is 12.5 Å². The summed E-state index contributed by atoms with van der Waals surface area (Å²) in [7, 11) is 3.18. The number of methoxy groups -OCH3 is 2. The smallest absolute Gasteiger partial charge is 0.308 e. The van der Waals surface area contributed by atoms with Gasteiger partial charge in [-0.2, -0.15) is 0 Å². The van der Waals surface area contributed by atoms with Crippen LogP contribution in [0.15, 0.2) is 42.5 Å². The molecule has 0 bridgehead atoms. The highest BCUT2D eigenvalue weighted by molar-refractivity contribution is 5.69. The number of ether oxygens (including phenoxy) is 3. The fourth-order valence-corrected chi connectivity index (χ4v) is 2.50. The largest absolute Gasteiger partial charge is 0.493 e. The summed E-state index contributed by atoms with van der Waals surface area (Å²) in [4.78, 5) is 11.2. The van der Waals surface area contributed by atoms with Crippen LogP contribution in [-0.4, -0.2) is 25.3 Å². The highest BCUT2D eigenvalue weighted by Gasteiger charge is 2.15. The number of hydrogen-bond donors (Lipinski definition) is 1. The van der Waals surface area contributed by atoms with Crippen LogP contribution in [0.25, 0.3) is 0 Å². The number of carbonyl (C=O) groups excluding carboxylic acids is 1. The molecule has 0 saturated carbocycles. The van der Waals surface area contributed by atoms with Crippen molar-refractivity contribution in [1.29, 1.82) is 0 Å². The first-order valence-electron chi connectivity index (χ1n) is 7.71. The van der Waals surface area contributed by atoms with E-state index in [-0.39, 0.29) is 0 Å². The summed E-state index contributed by atoms with van der Waals surface area (Å²) in [6.07, 6.45) is 0.414. The van der Waals surface area contributed by atoms with Gasteiger partial charge in [0.05, 0.1) is 20.3 Å². The van der Waals surface area contributed by atoms with Crippen LogP contribution >= 0.6 is 0 Å². The first-order chi connectivity index (χ1) is 11.5. The van der Waals surface area contributed by atoms with Crippen LogP contribution in [0, 0.1) is 0 Å². The van der Waals surface area contributed by atoms with Crippen molar-refractivity contribution < 1.29 is 24.1 Å². The molecule has 0 spiro atoms. The molecule has 1 N–H and O–H groups in total. The van der Waals surface area contributed by atoms with Crippen molar-refractivity contribution in [3.63, 3.8) is 0 Å². The lowest BCUT2D eigenvalue weighted by Crippen LogP contribution is -2.07. The molecule has 2 aromatic rings. The lowest BCUT2D eigenvalue weighted by molar-refractivity contribution is -0.132. The van der Waals surface area contributed by atoms with Crippen molar-refractivity contribution in [3.8, 4) is 17.2 Å². The number of para-hydroxylation sites is 1. The van der Waals surface area contributed by atoms with Gasteiger partial charge in [0.2, 0.25) is 0 Å². The van der Waals surface area contributed by atoms with Crippen LogP contribution in [0.1, 0.15) is 30.6 Å². The monoisotopic (exact) mass is 330 g/mol. The maximum Gasteiger partial charge on any atom is 0.308 e. The summed E-state index contributed by atoms with van der Waals surface area (Å²) in [6.45, 7) is 1.34. The van der Waals surface area contributed by atoms with E-state index >= 15 is 0 Å². The molecule has 0 heterocycles. The molecule has 2 aromatic carbocycles. The van der Waals surface area contributed by atoms with Crippen LogP contribution in [0.4, 0.5) is 0 Å². The van der Waals surface area contributed by atoms with Crippen molar-refractivity contribution in [2.75, 3.05) is 14.2 Å². The Morgan fingerprint density at radius 3 is 2.42 bits per heavy atom. The average molecular weight is 330 g/mol. The Morgan fingerprint density at radius 1 is 1.04 bits per heavy atom. The summed E-state index contributed by atoms with van der Waals surface area (Å²) in [5.41, 5.74) is 1.63. The highest BCUT2D eigenvalue weighted by Crippen LogP contribution is 2.31. The van der Waals surface area contributed by atoms with E-state index < -0.39 is 12.1 Å². The molecule has 1 atom stereocenters. The van der Waals surface area contributed by atoms with E-state index in [0.29, 0.717) is 35.7 Å². The molecule has 0 amide bonds. The van der Waals surface area contributed by atoms with Crippen molar-refractivity contribution in [1.82, 2.24) is 0 Å². The van der Waals surface area contributed by atoms with Crippen LogP contribution in [0.5, 0.6) is 17.2 Å². The Hall–Kier alpha value is -2.53. The normalized spacial score (nSPS) is 11.7. The molecule has 2 rings (SSSR count). The molecule has 0 aliphatic carbocycles. The van der Waals surface area contributed by atoms with Crippen LogP contribution < -0.4 is 14.2 Å². The van der Waals surface area contributed by atoms with Crippen molar-refractivity contribution in [2.45, 2.75) is 25.9 Å². The maximum absolute atomic E-state index is 11.2. The number of esters is 1. The predicted octanol–water partition coefficient (Wildman–Crippen LogP) is 3.30. The molecule has 5 nitrogen and oxygen atoms in total. The minimum absolute atomic E-state index is 0.393. The van der Waals surface area contributed by atoms with E-state index in [4.69, 9.17) is 14.2 Å². The number of benzene rings is 2. The third-order valence-corrected chi connectivity index (χ3v) is 3.69. The van der Waals surface area contributed by atoms with Crippen LogP contribution in [0.3, 0.4) is 0 Å². The third-order valence-electron chi connectivity index (χ3n) is 3.69. The summed E-state index contributed by atoms with van der Waals surface area (Å²) >= 11 is 0. The Bertz CT molecular complexity index is 696. The Balaban J connectivity index is 2.08. The van der Waals surface area contributed by atoms with E-state index in [1.54, 1.807) is 32.4 Å². The van der Waals surface area contributed by atoms with Crippen LogP contribution in [-0.2, 0) is 11.2 Å². The van der Waals surface area contributed by atoms with E-state index in [9.17, 15) is 9.90 Å². The van der Waals surface area contributed by atoms with Gasteiger partial charge in [-0.1, -0.05) is 24.3 Å². The van der Waals surface area contributed by atoms with Crippen molar-refractivity contribution >= 4 is 5.97 Å². The summed E-state index contributed by atoms with van der Waals surface area (Å²) < 4.78 is 15.7. The number of aryl methyl sites for hydroxylation is 1. The standard InChI is InChI=1S/C19H22O5/c1-13(20)24-17-7-5-4-6-15(17)16(21)10-8-14-9-11-18(22-2)19(12-14)23-3/h4-7,9,11-12,16,21H,8,10H2,1-3H3/t16-/m1/s1. The molecule has 0 saturated heterocycles.